The van der Waals surface area contributed by atoms with Crippen LogP contribution < -0.4 is 10.5 Å². The molecule has 2 atom stereocenters. The molecule has 0 saturated carbocycles. The highest BCUT2D eigenvalue weighted by Gasteiger charge is 2.44. The molecule has 1 aliphatic rings. The molecule has 0 radical (unpaired) electrons. The summed E-state index contributed by atoms with van der Waals surface area (Å²) in [5, 5.41) is 0.660. The molecule has 1 aromatic carbocycles. The molecule has 1 saturated heterocycles. The smallest absolute Gasteiger partial charge is 0.351 e. The molecule has 0 aliphatic carbocycles. The van der Waals surface area contributed by atoms with E-state index in [9.17, 15) is 19.2 Å². The monoisotopic (exact) mass is 416 g/mol. The molecule has 9 heteroatoms. The summed E-state index contributed by atoms with van der Waals surface area (Å²) in [5.41, 5.74) is 0.0204. The number of hydrogen-bond acceptors (Lipinski definition) is 7. The Bertz CT molecular complexity index is 1040. The van der Waals surface area contributed by atoms with E-state index in [0.717, 1.165) is 6.92 Å². The molecule has 1 amide bonds. The second-order valence-corrected chi connectivity index (χ2v) is 7.91. The van der Waals surface area contributed by atoms with E-state index in [-0.39, 0.29) is 18.7 Å². The Kier molecular flexibility index (Phi) is 5.93. The zero-order valence-corrected chi connectivity index (χ0v) is 17.3. The first-order valence-electron chi connectivity index (χ1n) is 9.52. The number of ether oxygens (including phenoxy) is 3. The minimum atomic E-state index is -1.54. The van der Waals surface area contributed by atoms with Crippen LogP contribution in [0.25, 0.3) is 10.9 Å². The molecule has 9 nitrogen and oxygen atoms in total. The number of pyridine rings is 1. The van der Waals surface area contributed by atoms with Gasteiger partial charge in [0.1, 0.15) is 5.60 Å². The number of nitrogens with zero attached hydrogens (tertiary/aromatic N) is 1. The van der Waals surface area contributed by atoms with Gasteiger partial charge >= 0.3 is 11.9 Å². The molecule has 0 bridgehead atoms. The number of carbonyl (C=O) groups excluding carboxylic acids is 3. The number of H-pyrrole nitrogens is 1. The van der Waals surface area contributed by atoms with Gasteiger partial charge in [-0.3, -0.25) is 14.4 Å². The van der Waals surface area contributed by atoms with Gasteiger partial charge in [-0.2, -0.15) is 0 Å². The second-order valence-electron chi connectivity index (χ2n) is 7.91. The van der Waals surface area contributed by atoms with E-state index in [1.165, 1.54) is 11.0 Å². The van der Waals surface area contributed by atoms with Crippen LogP contribution in [0, 0.1) is 0 Å². The van der Waals surface area contributed by atoms with Gasteiger partial charge in [0.15, 0.2) is 6.10 Å². The van der Waals surface area contributed by atoms with Crippen molar-refractivity contribution in [2.24, 2.45) is 0 Å². The number of hydrogen-bond donors (Lipinski definition) is 1. The third kappa shape index (κ3) is 4.68. The summed E-state index contributed by atoms with van der Waals surface area (Å²) >= 11 is 0. The van der Waals surface area contributed by atoms with Crippen LogP contribution in [0.5, 0.6) is 0 Å². The predicted octanol–water partition coefficient (Wildman–Crippen LogP) is 1.53. The van der Waals surface area contributed by atoms with Crippen LogP contribution >= 0.6 is 0 Å². The number of amides is 1. The third-order valence-electron chi connectivity index (χ3n) is 4.36. The lowest BCUT2D eigenvalue weighted by Gasteiger charge is -2.36. The number of nitrogens with one attached hydrogen (secondary N) is 1. The second kappa shape index (κ2) is 8.27. The molecule has 1 fully saturated rings. The van der Waals surface area contributed by atoms with E-state index < -0.39 is 35.7 Å². The molecule has 0 unspecified atom stereocenters. The molecule has 1 aliphatic heterocycles. The number of benzene rings is 1. The summed E-state index contributed by atoms with van der Waals surface area (Å²) < 4.78 is 16.0. The van der Waals surface area contributed by atoms with E-state index in [1.54, 1.807) is 45.0 Å². The molecule has 2 heterocycles. The molecular weight excluding hydrogens is 392 g/mol. The standard InChI is InChI=1S/C21H24N2O7/c1-12(24)29-18(20(27)30-21(2,3)4)17-19(26)23(10-11-28-17)15-7-5-6-14-13(15)8-9-16(25)22-14/h5-9,17-18H,10-11H2,1-4H3,(H,22,25)/t17-,18-/m1/s1. The van der Waals surface area contributed by atoms with Crippen molar-refractivity contribution in [2.45, 2.75) is 45.5 Å². The lowest BCUT2D eigenvalue weighted by Crippen LogP contribution is -2.56. The first-order valence-corrected chi connectivity index (χ1v) is 9.52. The highest BCUT2D eigenvalue weighted by atomic mass is 16.6. The Balaban J connectivity index is 1.96. The van der Waals surface area contributed by atoms with Gasteiger partial charge in [-0.1, -0.05) is 6.07 Å². The van der Waals surface area contributed by atoms with E-state index in [1.807, 2.05) is 0 Å². The Hall–Kier alpha value is -3.20. The number of rotatable bonds is 4. The fourth-order valence-electron chi connectivity index (χ4n) is 3.24. The van der Waals surface area contributed by atoms with E-state index >= 15 is 0 Å². The number of anilines is 1. The van der Waals surface area contributed by atoms with Crippen molar-refractivity contribution in [1.29, 1.82) is 0 Å². The van der Waals surface area contributed by atoms with Gasteiger partial charge in [0.05, 0.1) is 17.8 Å². The van der Waals surface area contributed by atoms with Crippen molar-refractivity contribution in [1.82, 2.24) is 4.98 Å². The number of aromatic nitrogens is 1. The van der Waals surface area contributed by atoms with Crippen LogP contribution in [-0.2, 0) is 28.6 Å². The summed E-state index contributed by atoms with van der Waals surface area (Å²) in [6.07, 6.45) is -2.89. The van der Waals surface area contributed by atoms with Crippen molar-refractivity contribution in [2.75, 3.05) is 18.1 Å². The summed E-state index contributed by atoms with van der Waals surface area (Å²) in [5.74, 6) is -2.14. The van der Waals surface area contributed by atoms with Crippen LogP contribution in [0.4, 0.5) is 5.69 Å². The molecule has 3 rings (SSSR count). The Morgan fingerprint density at radius 3 is 2.60 bits per heavy atom. The van der Waals surface area contributed by atoms with Crippen LogP contribution in [-0.4, -0.2) is 53.8 Å². The van der Waals surface area contributed by atoms with Crippen LogP contribution in [0.2, 0.25) is 0 Å². The molecular formula is C21H24N2O7. The first-order chi connectivity index (χ1) is 14.1. The lowest BCUT2D eigenvalue weighted by atomic mass is 10.1. The molecule has 1 N–H and O–H groups in total. The van der Waals surface area contributed by atoms with E-state index in [0.29, 0.717) is 16.6 Å². The van der Waals surface area contributed by atoms with Crippen molar-refractivity contribution in [3.63, 3.8) is 0 Å². The SMILES string of the molecule is CC(=O)O[C@@H](C(=O)OC(C)(C)C)[C@H]1OCCN(c2cccc3[nH]c(=O)ccc23)C1=O. The van der Waals surface area contributed by atoms with Gasteiger partial charge in [-0.25, -0.2) is 4.79 Å². The van der Waals surface area contributed by atoms with E-state index in [2.05, 4.69) is 4.98 Å². The summed E-state index contributed by atoms with van der Waals surface area (Å²) in [6.45, 7) is 6.50. The minimum Gasteiger partial charge on any atom is -0.457 e. The largest absolute Gasteiger partial charge is 0.457 e. The molecule has 30 heavy (non-hydrogen) atoms. The first kappa shape index (κ1) is 21.5. The number of fused-ring (bicyclic) bond motifs is 1. The quantitative estimate of drug-likeness (QED) is 0.752. The van der Waals surface area contributed by atoms with Gasteiger partial charge in [-0.15, -0.1) is 0 Å². The number of morpholine rings is 1. The maximum atomic E-state index is 13.3. The summed E-state index contributed by atoms with van der Waals surface area (Å²) in [4.78, 5) is 53.3. The lowest BCUT2D eigenvalue weighted by molar-refractivity contribution is -0.188. The normalized spacial score (nSPS) is 18.2. The fraction of sp³-hybridized carbons (Fsp3) is 0.429. The van der Waals surface area contributed by atoms with Crippen LogP contribution in [0.3, 0.4) is 0 Å². The average Bonchev–Trinajstić information content (AvgIpc) is 2.64. The van der Waals surface area contributed by atoms with Crippen molar-refractivity contribution in [3.05, 3.63) is 40.7 Å². The van der Waals surface area contributed by atoms with Crippen LogP contribution in [0.1, 0.15) is 27.7 Å². The maximum Gasteiger partial charge on any atom is 0.351 e. The highest BCUT2D eigenvalue weighted by molar-refractivity contribution is 6.06. The van der Waals surface area contributed by atoms with E-state index in [4.69, 9.17) is 14.2 Å². The van der Waals surface area contributed by atoms with Crippen molar-refractivity contribution >= 4 is 34.4 Å². The molecule has 160 valence electrons. The number of esters is 2. The Morgan fingerprint density at radius 1 is 1.20 bits per heavy atom. The van der Waals surface area contributed by atoms with Gasteiger partial charge in [0.2, 0.25) is 11.7 Å². The maximum absolute atomic E-state index is 13.3. The van der Waals surface area contributed by atoms with Crippen LogP contribution in [0.15, 0.2) is 35.1 Å². The third-order valence-corrected chi connectivity index (χ3v) is 4.36. The highest BCUT2D eigenvalue weighted by Crippen LogP contribution is 2.28. The predicted molar refractivity (Wildman–Crippen MR) is 108 cm³/mol. The number of carbonyl (C=O) groups is 3. The fourth-order valence-corrected chi connectivity index (χ4v) is 3.24. The van der Waals surface area contributed by atoms with Gasteiger partial charge in [0.25, 0.3) is 5.91 Å². The molecule has 1 aromatic heterocycles. The summed E-state index contributed by atoms with van der Waals surface area (Å²) in [6, 6.07) is 8.16. The Labute approximate surface area is 172 Å². The molecule has 0 spiro atoms. The van der Waals surface area contributed by atoms with Gasteiger partial charge < -0.3 is 24.1 Å². The zero-order chi connectivity index (χ0) is 22.1. The van der Waals surface area contributed by atoms with Crippen molar-refractivity contribution in [3.8, 4) is 0 Å². The topological polar surface area (TPSA) is 115 Å². The van der Waals surface area contributed by atoms with Crippen molar-refractivity contribution < 1.29 is 28.6 Å². The minimum absolute atomic E-state index is 0.122. The average molecular weight is 416 g/mol. The Morgan fingerprint density at radius 2 is 1.93 bits per heavy atom. The van der Waals surface area contributed by atoms with Gasteiger partial charge in [0, 0.05) is 24.9 Å². The zero-order valence-electron chi connectivity index (χ0n) is 17.3. The van der Waals surface area contributed by atoms with Gasteiger partial charge in [-0.05, 0) is 39.0 Å². The summed E-state index contributed by atoms with van der Waals surface area (Å²) in [7, 11) is 0. The molecule has 2 aromatic rings. The number of aromatic amines is 1.